The smallest absolute Gasteiger partial charge is 0.407 e. The number of hydrogen-bond acceptors (Lipinski definition) is 3. The van der Waals surface area contributed by atoms with Gasteiger partial charge in [0.2, 0.25) is 0 Å². The number of amides is 1. The predicted octanol–water partition coefficient (Wildman–Crippen LogP) is 1.80. The van der Waals surface area contributed by atoms with E-state index in [-0.39, 0.29) is 6.04 Å². The number of nitrogens with two attached hydrogens (primary N) is 1. The van der Waals surface area contributed by atoms with Gasteiger partial charge in [-0.3, -0.25) is 0 Å². The molecule has 0 radical (unpaired) electrons. The summed E-state index contributed by atoms with van der Waals surface area (Å²) in [5.41, 5.74) is 6.03. The van der Waals surface area contributed by atoms with Crippen molar-refractivity contribution in [3.05, 3.63) is 12.2 Å². The fourth-order valence-electron chi connectivity index (χ4n) is 1.09. The van der Waals surface area contributed by atoms with Gasteiger partial charge in [-0.1, -0.05) is 5.57 Å². The summed E-state index contributed by atoms with van der Waals surface area (Å²) in [4.78, 5) is 11.4. The minimum absolute atomic E-state index is 0.0997. The second-order valence-electron chi connectivity index (χ2n) is 4.74. The van der Waals surface area contributed by atoms with Gasteiger partial charge in [-0.2, -0.15) is 0 Å². The molecule has 88 valence electrons. The highest BCUT2D eigenvalue weighted by molar-refractivity contribution is 5.68. The highest BCUT2D eigenvalue weighted by Crippen LogP contribution is 2.08. The molecule has 0 fully saturated rings. The lowest BCUT2D eigenvalue weighted by atomic mass is 10.1. The first-order valence-corrected chi connectivity index (χ1v) is 5.08. The van der Waals surface area contributed by atoms with E-state index in [0.29, 0.717) is 13.0 Å². The van der Waals surface area contributed by atoms with Crippen molar-refractivity contribution in [1.29, 1.82) is 0 Å². The van der Waals surface area contributed by atoms with Crippen LogP contribution in [0.25, 0.3) is 0 Å². The predicted molar refractivity (Wildman–Crippen MR) is 61.6 cm³/mol. The molecule has 0 spiro atoms. The van der Waals surface area contributed by atoms with Crippen molar-refractivity contribution in [2.24, 2.45) is 5.73 Å². The van der Waals surface area contributed by atoms with E-state index >= 15 is 0 Å². The first-order valence-electron chi connectivity index (χ1n) is 5.08. The Morgan fingerprint density at radius 3 is 2.40 bits per heavy atom. The number of alkyl carbamates (subject to hydrolysis) is 1. The van der Waals surface area contributed by atoms with E-state index in [1.165, 1.54) is 0 Å². The fourth-order valence-corrected chi connectivity index (χ4v) is 1.09. The lowest BCUT2D eigenvalue weighted by molar-refractivity contribution is 0.0506. The first kappa shape index (κ1) is 14.0. The van der Waals surface area contributed by atoms with Crippen molar-refractivity contribution in [2.45, 2.75) is 45.8 Å². The van der Waals surface area contributed by atoms with Gasteiger partial charge in [0.05, 0.1) is 0 Å². The molecule has 0 unspecified atom stereocenters. The van der Waals surface area contributed by atoms with Crippen molar-refractivity contribution in [3.63, 3.8) is 0 Å². The van der Waals surface area contributed by atoms with Crippen LogP contribution in [0.3, 0.4) is 0 Å². The molecule has 3 N–H and O–H groups in total. The summed E-state index contributed by atoms with van der Waals surface area (Å²) in [5, 5.41) is 2.71. The molecule has 0 aliphatic carbocycles. The van der Waals surface area contributed by atoms with E-state index in [2.05, 4.69) is 11.9 Å². The minimum Gasteiger partial charge on any atom is -0.444 e. The molecule has 1 amide bonds. The van der Waals surface area contributed by atoms with Gasteiger partial charge in [-0.25, -0.2) is 4.79 Å². The number of ether oxygens (including phenoxy) is 1. The molecule has 0 aromatic rings. The highest BCUT2D eigenvalue weighted by atomic mass is 16.6. The first-order chi connectivity index (χ1) is 6.74. The molecule has 0 saturated carbocycles. The van der Waals surface area contributed by atoms with E-state index in [4.69, 9.17) is 10.5 Å². The molecule has 0 rings (SSSR count). The topological polar surface area (TPSA) is 64.3 Å². The van der Waals surface area contributed by atoms with Crippen LogP contribution in [0.1, 0.15) is 34.1 Å². The van der Waals surface area contributed by atoms with E-state index < -0.39 is 11.7 Å². The van der Waals surface area contributed by atoms with Crippen LogP contribution in [0.2, 0.25) is 0 Å². The van der Waals surface area contributed by atoms with Crippen LogP contribution in [0.15, 0.2) is 12.2 Å². The average Bonchev–Trinajstić information content (AvgIpc) is 1.98. The van der Waals surface area contributed by atoms with Crippen LogP contribution in [0.4, 0.5) is 4.79 Å². The molecule has 4 heteroatoms. The molecule has 0 aromatic carbocycles. The average molecular weight is 214 g/mol. The van der Waals surface area contributed by atoms with E-state index in [1.54, 1.807) is 0 Å². The third-order valence-corrected chi connectivity index (χ3v) is 1.60. The summed E-state index contributed by atoms with van der Waals surface area (Å²) in [6, 6.07) is -0.0997. The van der Waals surface area contributed by atoms with E-state index in [0.717, 1.165) is 5.57 Å². The molecule has 0 aliphatic heterocycles. The maximum absolute atomic E-state index is 11.4. The Morgan fingerprint density at radius 2 is 2.07 bits per heavy atom. The number of carbonyl (C=O) groups excluding carboxylic acids is 1. The Kier molecular flexibility index (Phi) is 5.36. The maximum Gasteiger partial charge on any atom is 0.407 e. The summed E-state index contributed by atoms with van der Waals surface area (Å²) in [6.45, 7) is 11.5. The summed E-state index contributed by atoms with van der Waals surface area (Å²) in [7, 11) is 0. The largest absolute Gasteiger partial charge is 0.444 e. The van der Waals surface area contributed by atoms with Gasteiger partial charge < -0.3 is 15.8 Å². The zero-order chi connectivity index (χ0) is 12.1. The second-order valence-corrected chi connectivity index (χ2v) is 4.74. The van der Waals surface area contributed by atoms with Crippen LogP contribution in [0, 0.1) is 0 Å². The van der Waals surface area contributed by atoms with Gasteiger partial charge in [-0.15, -0.1) is 6.58 Å². The summed E-state index contributed by atoms with van der Waals surface area (Å²) < 4.78 is 5.12. The maximum atomic E-state index is 11.4. The van der Waals surface area contributed by atoms with Gasteiger partial charge in [0.25, 0.3) is 0 Å². The number of hydrogen-bond donors (Lipinski definition) is 2. The molecule has 0 saturated heterocycles. The fraction of sp³-hybridized carbons (Fsp3) is 0.727. The van der Waals surface area contributed by atoms with Crippen molar-refractivity contribution in [2.75, 3.05) is 6.54 Å². The van der Waals surface area contributed by atoms with Crippen molar-refractivity contribution in [1.82, 2.24) is 5.32 Å². The number of nitrogens with one attached hydrogen (secondary N) is 1. The van der Waals surface area contributed by atoms with Crippen LogP contribution >= 0.6 is 0 Å². The summed E-state index contributed by atoms with van der Waals surface area (Å²) in [6.07, 6.45) is 0.245. The monoisotopic (exact) mass is 214 g/mol. The normalized spacial score (nSPS) is 13.1. The van der Waals surface area contributed by atoms with Crippen LogP contribution in [-0.4, -0.2) is 24.3 Å². The quantitative estimate of drug-likeness (QED) is 0.701. The van der Waals surface area contributed by atoms with E-state index in [9.17, 15) is 4.79 Å². The SMILES string of the molecule is C=C(C)C[C@@H](CN)NC(=O)OC(C)(C)C. The second kappa shape index (κ2) is 5.75. The van der Waals surface area contributed by atoms with Gasteiger partial charge >= 0.3 is 6.09 Å². The zero-order valence-electron chi connectivity index (χ0n) is 10.1. The lowest BCUT2D eigenvalue weighted by Crippen LogP contribution is -2.43. The van der Waals surface area contributed by atoms with Crippen molar-refractivity contribution in [3.8, 4) is 0 Å². The Labute approximate surface area is 91.9 Å². The van der Waals surface area contributed by atoms with Gasteiger partial charge in [0, 0.05) is 12.6 Å². The van der Waals surface area contributed by atoms with Crippen LogP contribution in [0.5, 0.6) is 0 Å². The van der Waals surface area contributed by atoms with Crippen molar-refractivity contribution >= 4 is 6.09 Å². The van der Waals surface area contributed by atoms with Crippen LogP contribution < -0.4 is 11.1 Å². The molecule has 4 nitrogen and oxygen atoms in total. The summed E-state index contributed by atoms with van der Waals surface area (Å²) >= 11 is 0. The molecular weight excluding hydrogens is 192 g/mol. The Hall–Kier alpha value is -1.03. The molecule has 1 atom stereocenters. The number of rotatable bonds is 4. The molecule has 0 aromatic heterocycles. The third-order valence-electron chi connectivity index (χ3n) is 1.60. The molecular formula is C11H22N2O2. The van der Waals surface area contributed by atoms with E-state index in [1.807, 2.05) is 27.7 Å². The van der Waals surface area contributed by atoms with Gasteiger partial charge in [0.1, 0.15) is 5.60 Å². The Balaban J connectivity index is 4.07. The third kappa shape index (κ3) is 8.00. The Bertz CT molecular complexity index is 231. The summed E-state index contributed by atoms with van der Waals surface area (Å²) in [5.74, 6) is 0. The van der Waals surface area contributed by atoms with Gasteiger partial charge in [-0.05, 0) is 34.1 Å². The van der Waals surface area contributed by atoms with Crippen LogP contribution in [-0.2, 0) is 4.74 Å². The standard InChI is InChI=1S/C11H22N2O2/c1-8(2)6-9(7-12)13-10(14)15-11(3,4)5/h9H,1,6-7,12H2,2-5H3,(H,13,14)/t9-/m0/s1. The molecule has 0 heterocycles. The molecule has 0 bridgehead atoms. The zero-order valence-corrected chi connectivity index (χ0v) is 10.1. The lowest BCUT2D eigenvalue weighted by Gasteiger charge is -2.23. The Morgan fingerprint density at radius 1 is 1.53 bits per heavy atom. The highest BCUT2D eigenvalue weighted by Gasteiger charge is 2.18. The number of carbonyl (C=O) groups is 1. The molecule has 0 aliphatic rings. The van der Waals surface area contributed by atoms with Crippen molar-refractivity contribution < 1.29 is 9.53 Å². The van der Waals surface area contributed by atoms with Gasteiger partial charge in [0.15, 0.2) is 0 Å². The molecule has 15 heavy (non-hydrogen) atoms. The minimum atomic E-state index is -0.480.